The molecule has 0 bridgehead atoms. The number of benzene rings is 5. The summed E-state index contributed by atoms with van der Waals surface area (Å²) in [6.07, 6.45) is 0. The molecule has 0 fully saturated rings. The van der Waals surface area contributed by atoms with Gasteiger partial charge in [-0.2, -0.15) is 0 Å². The van der Waals surface area contributed by atoms with Crippen molar-refractivity contribution in [3.63, 3.8) is 0 Å². The van der Waals surface area contributed by atoms with E-state index in [0.717, 1.165) is 88.2 Å². The molecule has 4 aromatic heterocycles. The van der Waals surface area contributed by atoms with Crippen molar-refractivity contribution < 1.29 is 8.83 Å². The third-order valence-electron chi connectivity index (χ3n) is 7.85. The van der Waals surface area contributed by atoms with Crippen molar-refractivity contribution in [3.8, 4) is 22.6 Å². The number of aromatic nitrogens is 2. The highest BCUT2D eigenvalue weighted by atomic mass is 16.3. The fourth-order valence-electron chi connectivity index (χ4n) is 6.04. The summed E-state index contributed by atoms with van der Waals surface area (Å²) in [4.78, 5) is 10.5. The van der Waals surface area contributed by atoms with Crippen LogP contribution in [0.4, 0.5) is 0 Å². The number of fused-ring (bicyclic) bond motifs is 9. The number of pyridine rings is 2. The van der Waals surface area contributed by atoms with Crippen LogP contribution in [-0.4, -0.2) is 9.97 Å². The van der Waals surface area contributed by atoms with Crippen LogP contribution in [0.3, 0.4) is 0 Å². The van der Waals surface area contributed by atoms with Crippen LogP contribution in [0.15, 0.2) is 130 Å². The van der Waals surface area contributed by atoms with Gasteiger partial charge in [-0.3, -0.25) is 0 Å². The first-order chi connectivity index (χ1) is 19.8. The van der Waals surface area contributed by atoms with Crippen LogP contribution >= 0.6 is 0 Å². The maximum Gasteiger partial charge on any atom is 0.139 e. The molecule has 0 aliphatic rings. The second-order valence-electron chi connectivity index (χ2n) is 10.2. The summed E-state index contributed by atoms with van der Waals surface area (Å²) in [5.41, 5.74) is 7.82. The summed E-state index contributed by atoms with van der Waals surface area (Å²) in [6, 6.07) is 41.3. The summed E-state index contributed by atoms with van der Waals surface area (Å²) in [7, 11) is 0. The summed E-state index contributed by atoms with van der Waals surface area (Å²) >= 11 is 0. The van der Waals surface area contributed by atoms with Gasteiger partial charge in [0, 0.05) is 38.6 Å². The van der Waals surface area contributed by atoms with Crippen LogP contribution in [0.1, 0.15) is 0 Å². The van der Waals surface area contributed by atoms with Gasteiger partial charge in [0.2, 0.25) is 0 Å². The second-order valence-corrected chi connectivity index (χ2v) is 10.2. The van der Waals surface area contributed by atoms with Crippen LogP contribution < -0.4 is 0 Å². The molecule has 0 saturated carbocycles. The van der Waals surface area contributed by atoms with Crippen LogP contribution in [0.5, 0.6) is 0 Å². The predicted molar refractivity (Wildman–Crippen MR) is 162 cm³/mol. The molecule has 0 atom stereocenters. The summed E-state index contributed by atoms with van der Waals surface area (Å²) < 4.78 is 12.6. The fraction of sp³-hybridized carbons (Fsp3) is 0. The molecule has 0 amide bonds. The minimum atomic E-state index is 0.778. The van der Waals surface area contributed by atoms with E-state index in [4.69, 9.17) is 18.8 Å². The van der Waals surface area contributed by atoms with Crippen molar-refractivity contribution in [2.75, 3.05) is 0 Å². The van der Waals surface area contributed by atoms with Gasteiger partial charge in [0.25, 0.3) is 0 Å². The lowest BCUT2D eigenvalue weighted by atomic mass is 9.99. The third-order valence-corrected chi connectivity index (χ3v) is 7.85. The van der Waals surface area contributed by atoms with Gasteiger partial charge in [0.1, 0.15) is 22.3 Å². The second kappa shape index (κ2) is 8.01. The lowest BCUT2D eigenvalue weighted by Crippen LogP contribution is -1.94. The van der Waals surface area contributed by atoms with E-state index in [2.05, 4.69) is 60.7 Å². The zero-order chi connectivity index (χ0) is 26.2. The Morgan fingerprint density at radius 1 is 0.400 bits per heavy atom. The fourth-order valence-corrected chi connectivity index (χ4v) is 6.04. The average molecular weight is 513 g/mol. The molecule has 4 nitrogen and oxygen atoms in total. The number of nitrogens with zero attached hydrogens (tertiary/aromatic N) is 2. The van der Waals surface area contributed by atoms with Gasteiger partial charge in [-0.05, 0) is 29.7 Å². The number of furan rings is 2. The number of rotatable bonds is 2. The quantitative estimate of drug-likeness (QED) is 0.216. The van der Waals surface area contributed by atoms with Crippen molar-refractivity contribution in [1.29, 1.82) is 0 Å². The van der Waals surface area contributed by atoms with E-state index in [9.17, 15) is 0 Å². The number of hydrogen-bond acceptors (Lipinski definition) is 4. The maximum absolute atomic E-state index is 6.39. The first kappa shape index (κ1) is 21.5. The molecule has 5 aromatic carbocycles. The third kappa shape index (κ3) is 3.01. The molecular weight excluding hydrogens is 492 g/mol. The minimum Gasteiger partial charge on any atom is -0.456 e. The molecule has 0 radical (unpaired) electrons. The molecular formula is C36H20N2O2. The molecule has 0 aliphatic heterocycles. The van der Waals surface area contributed by atoms with E-state index in [-0.39, 0.29) is 0 Å². The monoisotopic (exact) mass is 512 g/mol. The van der Waals surface area contributed by atoms with Gasteiger partial charge in [-0.1, -0.05) is 91.0 Å². The standard InChI is InChI=1S/C36H20N2O2/c1-2-10-21(11-3-1)35-34-25-15-7-9-17-31(25)40-33(34)20-29(38-35)36-24-14-5-4-12-22(24)26-19-32-27(18-28(26)37-36)23-13-6-8-16-30(23)39-32/h1-20H. The maximum atomic E-state index is 6.39. The van der Waals surface area contributed by atoms with E-state index in [1.807, 2.05) is 60.7 Å². The van der Waals surface area contributed by atoms with Gasteiger partial charge in [-0.25, -0.2) is 9.97 Å². The largest absolute Gasteiger partial charge is 0.456 e. The lowest BCUT2D eigenvalue weighted by Gasteiger charge is -2.12. The molecule has 0 N–H and O–H groups in total. The predicted octanol–water partition coefficient (Wildman–Crippen LogP) is 9.92. The SMILES string of the molecule is c1ccc(-c2nc(-c3nc4cc5c(cc4c4ccccc34)oc3ccccc35)cc3oc4ccccc4c23)cc1. The Bertz CT molecular complexity index is 2430. The molecule has 4 heterocycles. The highest BCUT2D eigenvalue weighted by Crippen LogP contribution is 2.41. The normalized spacial score (nSPS) is 12.0. The lowest BCUT2D eigenvalue weighted by molar-refractivity contribution is 0.668. The molecule has 9 aromatic rings. The number of para-hydroxylation sites is 2. The van der Waals surface area contributed by atoms with Crippen molar-refractivity contribution in [2.45, 2.75) is 0 Å². The molecule has 40 heavy (non-hydrogen) atoms. The molecule has 0 spiro atoms. The average Bonchev–Trinajstić information content (AvgIpc) is 3.57. The Hall–Kier alpha value is -5.48. The van der Waals surface area contributed by atoms with Gasteiger partial charge >= 0.3 is 0 Å². The Morgan fingerprint density at radius 2 is 1.05 bits per heavy atom. The summed E-state index contributed by atoms with van der Waals surface area (Å²) in [5, 5.41) is 7.42. The van der Waals surface area contributed by atoms with Crippen molar-refractivity contribution in [2.24, 2.45) is 0 Å². The molecule has 9 rings (SSSR count). The minimum absolute atomic E-state index is 0.778. The first-order valence-corrected chi connectivity index (χ1v) is 13.3. The highest BCUT2D eigenvalue weighted by molar-refractivity contribution is 6.18. The Labute approximate surface area is 228 Å². The van der Waals surface area contributed by atoms with Crippen LogP contribution in [0, 0.1) is 0 Å². The Morgan fingerprint density at radius 3 is 1.88 bits per heavy atom. The molecule has 0 aliphatic carbocycles. The smallest absolute Gasteiger partial charge is 0.139 e. The molecule has 186 valence electrons. The van der Waals surface area contributed by atoms with Crippen LogP contribution in [-0.2, 0) is 0 Å². The van der Waals surface area contributed by atoms with Crippen molar-refractivity contribution in [3.05, 3.63) is 121 Å². The van der Waals surface area contributed by atoms with E-state index >= 15 is 0 Å². The van der Waals surface area contributed by atoms with Crippen molar-refractivity contribution >= 4 is 65.6 Å². The molecule has 0 saturated heterocycles. The van der Waals surface area contributed by atoms with E-state index in [0.29, 0.717) is 0 Å². The first-order valence-electron chi connectivity index (χ1n) is 13.3. The van der Waals surface area contributed by atoms with Crippen molar-refractivity contribution in [1.82, 2.24) is 9.97 Å². The molecule has 0 unspecified atom stereocenters. The zero-order valence-corrected chi connectivity index (χ0v) is 21.3. The van der Waals surface area contributed by atoms with Gasteiger partial charge in [0.05, 0.1) is 28.0 Å². The zero-order valence-electron chi connectivity index (χ0n) is 21.3. The Kier molecular flexibility index (Phi) is 4.30. The van der Waals surface area contributed by atoms with E-state index in [1.165, 1.54) is 0 Å². The number of hydrogen-bond donors (Lipinski definition) is 0. The van der Waals surface area contributed by atoms with Gasteiger partial charge < -0.3 is 8.83 Å². The van der Waals surface area contributed by atoms with Crippen LogP contribution in [0.25, 0.3) is 88.2 Å². The van der Waals surface area contributed by atoms with Crippen LogP contribution in [0.2, 0.25) is 0 Å². The topological polar surface area (TPSA) is 52.1 Å². The summed E-state index contributed by atoms with van der Waals surface area (Å²) in [5.74, 6) is 0. The van der Waals surface area contributed by atoms with E-state index in [1.54, 1.807) is 0 Å². The Balaban J connectivity index is 1.40. The van der Waals surface area contributed by atoms with Gasteiger partial charge in [0.15, 0.2) is 0 Å². The van der Waals surface area contributed by atoms with E-state index < -0.39 is 0 Å². The van der Waals surface area contributed by atoms with Gasteiger partial charge in [-0.15, -0.1) is 0 Å². The molecule has 4 heteroatoms. The highest BCUT2D eigenvalue weighted by Gasteiger charge is 2.20. The summed E-state index contributed by atoms with van der Waals surface area (Å²) in [6.45, 7) is 0.